The smallest absolute Gasteiger partial charge is 0.333 e. The number of hydrogen-bond donors (Lipinski definition) is 1. The van der Waals surface area contributed by atoms with E-state index < -0.39 is 0 Å². The van der Waals surface area contributed by atoms with Gasteiger partial charge >= 0.3 is 5.97 Å². The maximum absolute atomic E-state index is 11.6. The molecular weight excluding hydrogens is 240 g/mol. The van der Waals surface area contributed by atoms with Crippen molar-refractivity contribution >= 4 is 22.8 Å². The van der Waals surface area contributed by atoms with Gasteiger partial charge in [-0.1, -0.05) is 24.3 Å². The predicted octanol–water partition coefficient (Wildman–Crippen LogP) is 3.51. The van der Waals surface area contributed by atoms with Crippen molar-refractivity contribution in [3.05, 3.63) is 47.5 Å². The first kappa shape index (κ1) is 13.1. The number of ether oxygens (including phenoxy) is 1. The highest BCUT2D eigenvalue weighted by molar-refractivity contribution is 5.98. The van der Waals surface area contributed by atoms with Gasteiger partial charge in [-0.25, -0.2) is 4.79 Å². The third kappa shape index (κ3) is 2.94. The first-order chi connectivity index (χ1) is 9.11. The van der Waals surface area contributed by atoms with Crippen molar-refractivity contribution < 1.29 is 14.6 Å². The van der Waals surface area contributed by atoms with Crippen molar-refractivity contribution in [1.82, 2.24) is 0 Å². The van der Waals surface area contributed by atoms with Crippen LogP contribution in [0, 0.1) is 0 Å². The Labute approximate surface area is 112 Å². The minimum absolute atomic E-state index is 0.232. The quantitative estimate of drug-likeness (QED) is 0.675. The van der Waals surface area contributed by atoms with Gasteiger partial charge in [0.1, 0.15) is 5.75 Å². The Morgan fingerprint density at radius 3 is 2.84 bits per heavy atom. The summed E-state index contributed by atoms with van der Waals surface area (Å²) in [6, 6.07) is 10.9. The molecule has 3 heteroatoms. The molecule has 0 fully saturated rings. The summed E-state index contributed by atoms with van der Waals surface area (Å²) in [7, 11) is 0. The number of aromatic hydroxyl groups is 1. The number of hydrogen-bond acceptors (Lipinski definition) is 3. The summed E-state index contributed by atoms with van der Waals surface area (Å²) in [4.78, 5) is 11.6. The summed E-state index contributed by atoms with van der Waals surface area (Å²) in [6.07, 6.45) is 1.80. The van der Waals surface area contributed by atoms with Gasteiger partial charge in [-0.3, -0.25) is 0 Å². The van der Waals surface area contributed by atoms with Gasteiger partial charge in [0, 0.05) is 5.57 Å². The van der Waals surface area contributed by atoms with E-state index in [0.29, 0.717) is 12.2 Å². The van der Waals surface area contributed by atoms with Crippen molar-refractivity contribution in [2.45, 2.75) is 13.8 Å². The molecule has 0 aliphatic rings. The normalized spacial score (nSPS) is 11.6. The molecule has 19 heavy (non-hydrogen) atoms. The molecule has 1 N–H and O–H groups in total. The molecule has 0 aliphatic carbocycles. The van der Waals surface area contributed by atoms with Crippen molar-refractivity contribution in [2.75, 3.05) is 6.61 Å². The lowest BCUT2D eigenvalue weighted by atomic mass is 10.0. The first-order valence-corrected chi connectivity index (χ1v) is 6.19. The van der Waals surface area contributed by atoms with Crippen LogP contribution in [0.25, 0.3) is 16.8 Å². The van der Waals surface area contributed by atoms with Gasteiger partial charge in [-0.05, 0) is 48.4 Å². The summed E-state index contributed by atoms with van der Waals surface area (Å²) < 4.78 is 4.96. The molecule has 0 aromatic heterocycles. The zero-order chi connectivity index (χ0) is 13.8. The highest BCUT2D eigenvalue weighted by Gasteiger charge is 2.06. The van der Waals surface area contributed by atoms with E-state index in [1.54, 1.807) is 32.1 Å². The molecule has 0 radical (unpaired) electrons. The van der Waals surface area contributed by atoms with Crippen LogP contribution < -0.4 is 0 Å². The molecule has 2 rings (SSSR count). The number of esters is 1. The van der Waals surface area contributed by atoms with Crippen LogP contribution in [-0.2, 0) is 9.53 Å². The molecule has 0 saturated heterocycles. The molecule has 98 valence electrons. The fourth-order valence-electron chi connectivity index (χ4n) is 1.96. The molecule has 2 aromatic rings. The second-order valence-corrected chi connectivity index (χ2v) is 4.30. The third-order valence-corrected chi connectivity index (χ3v) is 2.87. The van der Waals surface area contributed by atoms with E-state index in [1.165, 1.54) is 0 Å². The third-order valence-electron chi connectivity index (χ3n) is 2.87. The molecular formula is C16H16O3. The average molecular weight is 256 g/mol. The highest BCUT2D eigenvalue weighted by Crippen LogP contribution is 2.24. The van der Waals surface area contributed by atoms with Crippen LogP contribution in [0.2, 0.25) is 0 Å². The molecule has 0 amide bonds. The van der Waals surface area contributed by atoms with Crippen LogP contribution in [0.3, 0.4) is 0 Å². The minimum atomic E-state index is -0.307. The summed E-state index contributed by atoms with van der Waals surface area (Å²) in [5.41, 5.74) is 1.49. The number of phenolic OH excluding ortho intramolecular Hbond substituents is 1. The lowest BCUT2D eigenvalue weighted by Crippen LogP contribution is -2.04. The van der Waals surface area contributed by atoms with Gasteiger partial charge in [0.05, 0.1) is 6.61 Å². The van der Waals surface area contributed by atoms with E-state index in [4.69, 9.17) is 4.74 Å². The maximum Gasteiger partial charge on any atom is 0.333 e. The number of carbonyl (C=O) groups excluding carboxylic acids is 1. The number of rotatable bonds is 3. The maximum atomic E-state index is 11.6. The Balaban J connectivity index is 2.46. The molecule has 0 heterocycles. The summed E-state index contributed by atoms with van der Waals surface area (Å²) in [6.45, 7) is 3.89. The van der Waals surface area contributed by atoms with E-state index >= 15 is 0 Å². The zero-order valence-corrected chi connectivity index (χ0v) is 11.0. The molecule has 0 aliphatic heterocycles. The summed E-state index contributed by atoms with van der Waals surface area (Å²) in [5.74, 6) is -0.0750. The zero-order valence-electron chi connectivity index (χ0n) is 11.0. The lowest BCUT2D eigenvalue weighted by Gasteiger charge is -2.05. The minimum Gasteiger partial charge on any atom is -0.508 e. The fourth-order valence-corrected chi connectivity index (χ4v) is 1.96. The Hall–Kier alpha value is -2.29. The molecule has 0 bridgehead atoms. The topological polar surface area (TPSA) is 46.5 Å². The van der Waals surface area contributed by atoms with Crippen molar-refractivity contribution in [1.29, 1.82) is 0 Å². The molecule has 0 spiro atoms. The lowest BCUT2D eigenvalue weighted by molar-refractivity contribution is -0.138. The van der Waals surface area contributed by atoms with Gasteiger partial charge in [0.2, 0.25) is 0 Å². The first-order valence-electron chi connectivity index (χ1n) is 6.19. The van der Waals surface area contributed by atoms with Crippen LogP contribution in [0.4, 0.5) is 0 Å². The number of phenols is 1. The van der Waals surface area contributed by atoms with E-state index in [9.17, 15) is 9.90 Å². The Bertz CT molecular complexity index is 641. The Kier molecular flexibility index (Phi) is 3.85. The highest BCUT2D eigenvalue weighted by atomic mass is 16.5. The number of benzene rings is 2. The second kappa shape index (κ2) is 5.57. The van der Waals surface area contributed by atoms with E-state index in [0.717, 1.165) is 16.3 Å². The average Bonchev–Trinajstić information content (AvgIpc) is 2.38. The van der Waals surface area contributed by atoms with E-state index in [-0.39, 0.29) is 11.7 Å². The standard InChI is InChI=1S/C16H16O3/c1-3-19-16(18)11(2)9-12-5-4-6-13-10-14(17)7-8-15(12)13/h4-10,17H,3H2,1-2H3/b11-9+. The second-order valence-electron chi connectivity index (χ2n) is 4.30. The van der Waals surface area contributed by atoms with Crippen molar-refractivity contribution in [2.24, 2.45) is 0 Å². The van der Waals surface area contributed by atoms with Gasteiger partial charge < -0.3 is 9.84 Å². The van der Waals surface area contributed by atoms with E-state index in [1.807, 2.05) is 24.3 Å². The molecule has 0 unspecified atom stereocenters. The van der Waals surface area contributed by atoms with Gasteiger partial charge in [0.25, 0.3) is 0 Å². The summed E-state index contributed by atoms with van der Waals surface area (Å²) in [5, 5.41) is 11.4. The SMILES string of the molecule is CCOC(=O)/C(C)=C/c1cccc2cc(O)ccc12. The van der Waals surface area contributed by atoms with Crippen molar-refractivity contribution in [3.8, 4) is 5.75 Å². The number of carbonyl (C=O) groups is 1. The van der Waals surface area contributed by atoms with Crippen LogP contribution in [0.5, 0.6) is 5.75 Å². The molecule has 0 atom stereocenters. The fraction of sp³-hybridized carbons (Fsp3) is 0.188. The predicted molar refractivity (Wildman–Crippen MR) is 75.9 cm³/mol. The van der Waals surface area contributed by atoms with Gasteiger partial charge in [-0.15, -0.1) is 0 Å². The van der Waals surface area contributed by atoms with Crippen LogP contribution in [0.15, 0.2) is 42.0 Å². The Morgan fingerprint density at radius 2 is 2.11 bits per heavy atom. The Morgan fingerprint density at radius 1 is 1.32 bits per heavy atom. The van der Waals surface area contributed by atoms with Crippen molar-refractivity contribution in [3.63, 3.8) is 0 Å². The molecule has 0 saturated carbocycles. The molecule has 2 aromatic carbocycles. The molecule has 3 nitrogen and oxygen atoms in total. The number of fused-ring (bicyclic) bond motifs is 1. The van der Waals surface area contributed by atoms with Gasteiger partial charge in [-0.2, -0.15) is 0 Å². The summed E-state index contributed by atoms with van der Waals surface area (Å²) >= 11 is 0. The largest absolute Gasteiger partial charge is 0.508 e. The van der Waals surface area contributed by atoms with Crippen LogP contribution in [-0.4, -0.2) is 17.7 Å². The monoisotopic (exact) mass is 256 g/mol. The van der Waals surface area contributed by atoms with Gasteiger partial charge in [0.15, 0.2) is 0 Å². The van der Waals surface area contributed by atoms with E-state index in [2.05, 4.69) is 0 Å². The van der Waals surface area contributed by atoms with Crippen LogP contribution in [0.1, 0.15) is 19.4 Å². The van der Waals surface area contributed by atoms with Crippen LogP contribution >= 0.6 is 0 Å².